The number of benzene rings is 8. The molecule has 0 heterocycles. The molecule has 41 heavy (non-hydrogen) atoms. The summed E-state index contributed by atoms with van der Waals surface area (Å²) in [4.78, 5) is 0. The number of hydrogen-bond donors (Lipinski definition) is 0. The van der Waals surface area contributed by atoms with Gasteiger partial charge >= 0.3 is 0 Å². The highest BCUT2D eigenvalue weighted by atomic mass is 14.5. The third-order valence-electron chi connectivity index (χ3n) is 9.78. The summed E-state index contributed by atoms with van der Waals surface area (Å²) in [5.41, 5.74) is 10.9. The fraction of sp³-hybridized carbons (Fsp3) is 0.0244. The molecule has 0 radical (unpaired) electrons. The molecule has 0 N–H and O–H groups in total. The molecule has 0 aliphatic heterocycles. The first-order valence-corrected chi connectivity index (χ1v) is 14.4. The van der Waals surface area contributed by atoms with Gasteiger partial charge in [0.1, 0.15) is 0 Å². The second-order valence-corrected chi connectivity index (χ2v) is 11.7. The van der Waals surface area contributed by atoms with Crippen LogP contribution in [0.5, 0.6) is 0 Å². The Hall–Kier alpha value is -5.20. The molecule has 0 bridgehead atoms. The molecule has 2 aliphatic carbocycles. The summed E-state index contributed by atoms with van der Waals surface area (Å²) in [6, 6.07) is 54.3. The van der Waals surface area contributed by atoms with E-state index in [1.54, 1.807) is 0 Å². The van der Waals surface area contributed by atoms with Gasteiger partial charge in [0.05, 0.1) is 5.41 Å². The van der Waals surface area contributed by atoms with Gasteiger partial charge in [-0.1, -0.05) is 127 Å². The van der Waals surface area contributed by atoms with Crippen molar-refractivity contribution in [2.24, 2.45) is 0 Å². The minimum absolute atomic E-state index is 0.0945. The molecule has 0 heteroatoms. The van der Waals surface area contributed by atoms with Gasteiger partial charge < -0.3 is 0 Å². The topological polar surface area (TPSA) is 0 Å². The summed E-state index contributed by atoms with van der Waals surface area (Å²) in [5.74, 6) is 0. The van der Waals surface area contributed by atoms with Gasteiger partial charge in [0, 0.05) is 0 Å². The standard InChI is InChI=1S/C41H24/c1-3-13-32-28(8-1)22-29-9-2-4-14-33(29)38(32)27-20-18-25(19-21-27)31-23-30-12-7-17-36-40(30)37(24-31)41(36)34-15-5-10-26-11-6-16-35(41)39(26)34/h1-24H. The lowest BCUT2D eigenvalue weighted by molar-refractivity contribution is 0.701. The summed E-state index contributed by atoms with van der Waals surface area (Å²) in [6.07, 6.45) is 0. The molecule has 0 aromatic heterocycles. The average Bonchev–Trinajstić information content (AvgIpc) is 3.02. The van der Waals surface area contributed by atoms with Crippen molar-refractivity contribution in [2.45, 2.75) is 5.41 Å². The highest BCUT2D eigenvalue weighted by molar-refractivity contribution is 6.13. The maximum absolute atomic E-state index is 2.46. The molecule has 0 saturated heterocycles. The Morgan fingerprint density at radius 2 is 0.829 bits per heavy atom. The van der Waals surface area contributed by atoms with E-state index in [4.69, 9.17) is 0 Å². The smallest absolute Gasteiger partial charge is 0.0616 e. The van der Waals surface area contributed by atoms with Crippen molar-refractivity contribution < 1.29 is 0 Å². The minimum atomic E-state index is -0.0945. The Bertz CT molecular complexity index is 2310. The van der Waals surface area contributed by atoms with Crippen LogP contribution in [0.2, 0.25) is 0 Å². The first-order chi connectivity index (χ1) is 20.3. The molecule has 0 fully saturated rings. The normalized spacial score (nSPS) is 14.0. The zero-order valence-corrected chi connectivity index (χ0v) is 22.4. The van der Waals surface area contributed by atoms with E-state index in [9.17, 15) is 0 Å². The molecule has 10 rings (SSSR count). The fourth-order valence-corrected chi connectivity index (χ4v) is 8.07. The zero-order chi connectivity index (χ0) is 26.7. The lowest BCUT2D eigenvalue weighted by Crippen LogP contribution is -2.43. The van der Waals surface area contributed by atoms with Gasteiger partial charge in [0.25, 0.3) is 0 Å². The Balaban J connectivity index is 1.15. The van der Waals surface area contributed by atoms with Crippen molar-refractivity contribution in [3.63, 3.8) is 0 Å². The molecule has 0 saturated carbocycles. The first-order valence-electron chi connectivity index (χ1n) is 14.4. The fourth-order valence-electron chi connectivity index (χ4n) is 8.07. The van der Waals surface area contributed by atoms with E-state index in [0.717, 1.165) is 0 Å². The molecular formula is C41H24. The van der Waals surface area contributed by atoms with Crippen LogP contribution in [0.25, 0.3) is 65.3 Å². The Morgan fingerprint density at radius 1 is 0.317 bits per heavy atom. The van der Waals surface area contributed by atoms with E-state index in [2.05, 4.69) is 146 Å². The third-order valence-corrected chi connectivity index (χ3v) is 9.78. The molecule has 0 atom stereocenters. The summed E-state index contributed by atoms with van der Waals surface area (Å²) in [5, 5.41) is 10.7. The molecule has 0 nitrogen and oxygen atoms in total. The molecule has 0 unspecified atom stereocenters. The van der Waals surface area contributed by atoms with Crippen molar-refractivity contribution in [3.8, 4) is 22.3 Å². The average molecular weight is 517 g/mol. The van der Waals surface area contributed by atoms with E-state index in [-0.39, 0.29) is 5.41 Å². The summed E-state index contributed by atoms with van der Waals surface area (Å²) < 4.78 is 0. The van der Waals surface area contributed by atoms with Crippen LogP contribution in [-0.4, -0.2) is 0 Å². The molecular weight excluding hydrogens is 492 g/mol. The third kappa shape index (κ3) is 2.57. The lowest BCUT2D eigenvalue weighted by Gasteiger charge is -2.52. The summed E-state index contributed by atoms with van der Waals surface area (Å²) in [7, 11) is 0. The SMILES string of the molecule is c1ccc2c(-c3ccc(-c4cc5c6c(cccc6c4)C54c5cccc6cccc4c56)cc3)c3ccccc3cc2c1. The van der Waals surface area contributed by atoms with Crippen molar-refractivity contribution in [1.29, 1.82) is 0 Å². The van der Waals surface area contributed by atoms with E-state index in [0.29, 0.717) is 0 Å². The van der Waals surface area contributed by atoms with Crippen molar-refractivity contribution in [3.05, 3.63) is 168 Å². The molecule has 0 amide bonds. The van der Waals surface area contributed by atoms with Gasteiger partial charge in [0.2, 0.25) is 0 Å². The summed E-state index contributed by atoms with van der Waals surface area (Å²) >= 11 is 0. The Morgan fingerprint density at radius 3 is 1.46 bits per heavy atom. The zero-order valence-electron chi connectivity index (χ0n) is 22.4. The molecule has 8 aromatic rings. The van der Waals surface area contributed by atoms with Crippen LogP contribution in [0.4, 0.5) is 0 Å². The second-order valence-electron chi connectivity index (χ2n) is 11.7. The highest BCUT2D eigenvalue weighted by Gasteiger charge is 2.54. The Labute approximate surface area is 238 Å². The number of fused-ring (bicyclic) bond motifs is 6. The van der Waals surface area contributed by atoms with Gasteiger partial charge in [-0.3, -0.25) is 0 Å². The molecule has 8 aromatic carbocycles. The maximum Gasteiger partial charge on any atom is 0.0726 e. The number of hydrogen-bond acceptors (Lipinski definition) is 0. The van der Waals surface area contributed by atoms with Crippen molar-refractivity contribution >= 4 is 43.1 Å². The van der Waals surface area contributed by atoms with Crippen LogP contribution >= 0.6 is 0 Å². The van der Waals surface area contributed by atoms with Crippen molar-refractivity contribution in [2.75, 3.05) is 0 Å². The minimum Gasteiger partial charge on any atom is -0.0616 e. The van der Waals surface area contributed by atoms with E-state index >= 15 is 0 Å². The lowest BCUT2D eigenvalue weighted by atomic mass is 9.49. The Kier molecular flexibility index (Phi) is 3.95. The number of rotatable bonds is 2. The quantitative estimate of drug-likeness (QED) is 0.200. The van der Waals surface area contributed by atoms with Crippen molar-refractivity contribution in [1.82, 2.24) is 0 Å². The van der Waals surface area contributed by atoms with Gasteiger partial charge in [-0.25, -0.2) is 0 Å². The van der Waals surface area contributed by atoms with Crippen LogP contribution in [0.1, 0.15) is 22.3 Å². The van der Waals surface area contributed by atoms with Gasteiger partial charge in [-0.05, 0) is 106 Å². The predicted molar refractivity (Wildman–Crippen MR) is 173 cm³/mol. The predicted octanol–water partition coefficient (Wildman–Crippen LogP) is 10.6. The van der Waals surface area contributed by atoms with Crippen LogP contribution < -0.4 is 0 Å². The van der Waals surface area contributed by atoms with Crippen LogP contribution in [0.15, 0.2) is 146 Å². The first kappa shape index (κ1) is 21.6. The molecule has 1 spiro atoms. The maximum atomic E-state index is 2.46. The van der Waals surface area contributed by atoms with Crippen LogP contribution in [-0.2, 0) is 5.41 Å². The van der Waals surface area contributed by atoms with Crippen LogP contribution in [0.3, 0.4) is 0 Å². The van der Waals surface area contributed by atoms with E-state index in [1.165, 1.54) is 87.6 Å². The molecule has 2 aliphatic rings. The molecule has 188 valence electrons. The second kappa shape index (κ2) is 7.50. The summed E-state index contributed by atoms with van der Waals surface area (Å²) in [6.45, 7) is 0. The van der Waals surface area contributed by atoms with Crippen LogP contribution in [0, 0.1) is 0 Å². The van der Waals surface area contributed by atoms with Gasteiger partial charge in [0.15, 0.2) is 0 Å². The van der Waals surface area contributed by atoms with Gasteiger partial charge in [-0.2, -0.15) is 0 Å². The highest BCUT2D eigenvalue weighted by Crippen LogP contribution is 2.65. The monoisotopic (exact) mass is 516 g/mol. The van der Waals surface area contributed by atoms with E-state index < -0.39 is 0 Å². The largest absolute Gasteiger partial charge is 0.0726 e. The van der Waals surface area contributed by atoms with Gasteiger partial charge in [-0.15, -0.1) is 0 Å². The van der Waals surface area contributed by atoms with E-state index in [1.807, 2.05) is 0 Å².